The Morgan fingerprint density at radius 3 is 1.08 bits per heavy atom. The zero-order valence-electron chi connectivity index (χ0n) is 65.8. The molecule has 31 nitrogen and oxygen atoms in total. The molecule has 0 spiro atoms. The number of rotatable bonds is 28. The van der Waals surface area contributed by atoms with E-state index in [0.29, 0.717) is 137 Å². The minimum absolute atomic E-state index is 0.00526. The molecule has 0 aliphatic carbocycles. The van der Waals surface area contributed by atoms with Crippen molar-refractivity contribution in [3.05, 3.63) is 269 Å². The van der Waals surface area contributed by atoms with Gasteiger partial charge in [0.1, 0.15) is 94.0 Å². The number of nitrogen functional groups attached to an aromatic ring is 7. The monoisotopic (exact) mass is 1600 g/mol. The van der Waals surface area contributed by atoms with E-state index in [2.05, 4.69) is 55.4 Å². The van der Waals surface area contributed by atoms with E-state index >= 15 is 0 Å². The van der Waals surface area contributed by atoms with Gasteiger partial charge < -0.3 is 90.4 Å². The normalized spacial score (nSPS) is 18.6. The van der Waals surface area contributed by atoms with E-state index in [0.717, 1.165) is 30.0 Å². The summed E-state index contributed by atoms with van der Waals surface area (Å²) in [6.45, 7) is 5.96. The molecule has 4 fully saturated rings. The summed E-state index contributed by atoms with van der Waals surface area (Å²) in [5.74, 6) is 2.80. The summed E-state index contributed by atoms with van der Waals surface area (Å²) < 4.78 is 29.4. The fraction of sp³-hybridized carbons (Fsp3) is 0.253. The summed E-state index contributed by atoms with van der Waals surface area (Å²) in [5.41, 5.74) is 46.6. The van der Waals surface area contributed by atoms with Gasteiger partial charge in [0.05, 0.1) is 31.3 Å². The maximum Gasteiger partial charge on any atom is 0.241 e. The van der Waals surface area contributed by atoms with Crippen LogP contribution >= 0.6 is 0 Å². The molecule has 9 aromatic rings. The molecular weight excluding hydrogens is 1500 g/mol. The summed E-state index contributed by atoms with van der Waals surface area (Å²) in [6, 6.07) is 65.1. The Labute approximate surface area is 684 Å². The Bertz CT molecular complexity index is 5040. The lowest BCUT2D eigenvalue weighted by molar-refractivity contribution is -0.121. The molecule has 0 unspecified atom stereocenters. The number of likely N-dealkylation sites (N-methyl/N-ethyl adjacent to an activating group) is 1. The Balaban J connectivity index is 0.000000166. The van der Waals surface area contributed by atoms with Gasteiger partial charge in [0.25, 0.3) is 0 Å². The van der Waals surface area contributed by atoms with Crippen LogP contribution in [0.25, 0.3) is 0 Å². The number of ether oxygens (including phenoxy) is 5. The van der Waals surface area contributed by atoms with E-state index in [-0.39, 0.29) is 113 Å². The Morgan fingerprint density at radius 1 is 0.373 bits per heavy atom. The molecule has 31 heteroatoms. The van der Waals surface area contributed by atoms with Gasteiger partial charge >= 0.3 is 0 Å². The fourth-order valence-electron chi connectivity index (χ4n) is 13.8. The number of nitrogens with zero attached hydrogens (tertiary/aromatic N) is 3. The fourth-order valence-corrected chi connectivity index (χ4v) is 13.8. The van der Waals surface area contributed by atoms with Crippen LogP contribution in [-0.2, 0) is 25.7 Å². The first-order valence-electron chi connectivity index (χ1n) is 38.3. The van der Waals surface area contributed by atoms with Crippen molar-refractivity contribution in [2.24, 2.45) is 40.1 Å². The molecule has 8 atom stereocenters. The molecule has 4 amide bonds. The van der Waals surface area contributed by atoms with Gasteiger partial charge in [0, 0.05) is 120 Å². The molecule has 118 heavy (non-hydrogen) atoms. The molecule has 0 aromatic heterocycles. The lowest BCUT2D eigenvalue weighted by Gasteiger charge is -2.23. The van der Waals surface area contributed by atoms with Crippen LogP contribution in [0.5, 0.6) is 28.7 Å². The number of hydrogen-bond donors (Lipinski definition) is 19. The van der Waals surface area contributed by atoms with Gasteiger partial charge in [-0.3, -0.25) is 71.7 Å². The molecular formula is C87H102N22O9. The number of methoxy groups -OCH3 is 1. The maximum absolute atomic E-state index is 13.2. The number of amidine groups is 7. The lowest BCUT2D eigenvalue weighted by atomic mass is 10.1. The first-order chi connectivity index (χ1) is 56.6. The zero-order chi connectivity index (χ0) is 84.5. The van der Waals surface area contributed by atoms with Crippen LogP contribution in [0.15, 0.2) is 224 Å². The molecule has 0 radical (unpaired) electrons. The number of likely N-dealkylation sites (tertiary alicyclic amines) is 3. The van der Waals surface area contributed by atoms with E-state index in [9.17, 15) is 19.2 Å². The molecule has 0 bridgehead atoms. The third-order valence-corrected chi connectivity index (χ3v) is 19.8. The van der Waals surface area contributed by atoms with Gasteiger partial charge in [-0.15, -0.1) is 0 Å². The first-order valence-corrected chi connectivity index (χ1v) is 38.3. The largest absolute Gasteiger partial charge is 0.497 e. The van der Waals surface area contributed by atoms with Crippen molar-refractivity contribution < 1.29 is 42.9 Å². The molecule has 614 valence electrons. The smallest absolute Gasteiger partial charge is 0.241 e. The van der Waals surface area contributed by atoms with E-state index in [1.807, 2.05) is 78.7 Å². The second-order valence-electron chi connectivity index (χ2n) is 28.7. The van der Waals surface area contributed by atoms with Crippen LogP contribution in [0.1, 0.15) is 83.5 Å². The number of amides is 4. The Hall–Kier alpha value is -14.0. The minimum atomic E-state index is -0.363. The number of nitrogens with one attached hydrogen (secondary N) is 12. The van der Waals surface area contributed by atoms with Crippen LogP contribution in [-0.4, -0.2) is 175 Å². The van der Waals surface area contributed by atoms with Crippen LogP contribution in [0, 0.1) is 37.9 Å². The highest BCUT2D eigenvalue weighted by molar-refractivity contribution is 6.01. The van der Waals surface area contributed by atoms with Gasteiger partial charge in [0.2, 0.25) is 23.6 Å². The number of hydrogen-bond acceptors (Lipinski definition) is 20. The molecule has 26 N–H and O–H groups in total. The van der Waals surface area contributed by atoms with Crippen molar-refractivity contribution in [1.82, 2.24) is 20.0 Å². The second-order valence-corrected chi connectivity index (χ2v) is 28.7. The summed E-state index contributed by atoms with van der Waals surface area (Å²) in [7, 11) is 3.50. The van der Waals surface area contributed by atoms with Gasteiger partial charge in [-0.05, 0) is 171 Å². The van der Waals surface area contributed by atoms with Crippen molar-refractivity contribution in [1.29, 1.82) is 37.9 Å². The number of carbonyl (C=O) groups excluding carboxylic acids is 4. The highest BCUT2D eigenvalue weighted by atomic mass is 16.5. The minimum Gasteiger partial charge on any atom is -0.497 e. The number of anilines is 4. The summed E-state index contributed by atoms with van der Waals surface area (Å²) in [4.78, 5) is 57.5. The summed E-state index contributed by atoms with van der Waals surface area (Å²) in [5, 5.41) is 67.4. The van der Waals surface area contributed by atoms with Gasteiger partial charge in [-0.25, -0.2) is 0 Å². The summed E-state index contributed by atoms with van der Waals surface area (Å²) >= 11 is 0. The quantitative estimate of drug-likeness (QED) is 0.0162. The van der Waals surface area contributed by atoms with E-state index in [1.165, 1.54) is 0 Å². The lowest BCUT2D eigenvalue weighted by Crippen LogP contribution is -2.40. The Kier molecular flexibility index (Phi) is 30.3. The van der Waals surface area contributed by atoms with Crippen molar-refractivity contribution in [3.8, 4) is 28.7 Å². The van der Waals surface area contributed by atoms with E-state index in [4.69, 9.17) is 102 Å². The first kappa shape index (κ1) is 86.4. The van der Waals surface area contributed by atoms with E-state index < -0.39 is 0 Å². The van der Waals surface area contributed by atoms with Crippen LogP contribution < -0.4 is 90.4 Å². The predicted molar refractivity (Wildman–Crippen MR) is 460 cm³/mol. The predicted octanol–water partition coefficient (Wildman–Crippen LogP) is 8.11. The topological polar surface area (TPSA) is 533 Å². The van der Waals surface area contributed by atoms with Crippen molar-refractivity contribution in [2.45, 2.75) is 94.2 Å². The molecule has 0 saturated carbocycles. The second kappa shape index (κ2) is 41.3. The third kappa shape index (κ3) is 25.0. The SMILES string of the molecule is CCCN1C[C@H](Oc2cccc(C(=N)N)c2)C[C@H]1C(=O)Nc1ccc(C(=N)N)cc1.CN1C[C@H](Oc2cccc(C(=N)N)c2)C[C@H]1C(=O)Nc1ccc(C(=N)N)cc1.COc1ccc(NC(=O)[C@@H]2C[C@@H](Oc3cccc(C(=N)N)c3)CN2Cc2ccccc2)cc1.N=C(N)c1ccc(NC(=O)[C@@H]2C[C@@H](Oc3cccc(C(=N)N)c3)CN2)cc1. The molecule has 4 aliphatic rings. The number of nitrogens with two attached hydrogens (primary N) is 7. The average molecular weight is 1600 g/mol. The van der Waals surface area contributed by atoms with Gasteiger partial charge in [0.15, 0.2) is 0 Å². The Morgan fingerprint density at radius 2 is 0.703 bits per heavy atom. The highest BCUT2D eigenvalue weighted by Crippen LogP contribution is 2.31. The van der Waals surface area contributed by atoms with Gasteiger partial charge in [-0.2, -0.15) is 0 Å². The van der Waals surface area contributed by atoms with Crippen LogP contribution in [0.4, 0.5) is 22.7 Å². The van der Waals surface area contributed by atoms with Gasteiger partial charge in [-0.1, -0.05) is 85.8 Å². The van der Waals surface area contributed by atoms with Crippen molar-refractivity contribution >= 4 is 87.2 Å². The van der Waals surface area contributed by atoms with Crippen LogP contribution in [0.3, 0.4) is 0 Å². The molecule has 9 aromatic carbocycles. The number of carbonyl (C=O) groups is 4. The molecule has 4 saturated heterocycles. The average Bonchev–Trinajstić information content (AvgIpc) is 1.69. The summed E-state index contributed by atoms with van der Waals surface area (Å²) in [6.07, 6.45) is 2.56. The maximum atomic E-state index is 13.2. The highest BCUT2D eigenvalue weighted by Gasteiger charge is 2.40. The number of benzene rings is 9. The molecule has 13 rings (SSSR count). The standard InChI is InChI=1S/C26H28N4O3.C22H28N6O2.C20H24N6O2.C19H22N6O2/c1-32-21-12-10-20(11-13-21)29-26(31)24-15-23(17-30(24)16-18-6-3-2-4-7-18)33-22-9-5-8-19(14-22)25(27)28;1-2-10-28-13-18(30-17-5-3-4-15(11-17)21(25)26)12-19(28)22(29)27-16-8-6-14(7-9-16)20(23)24;1-26-11-16(28-15-4-2-3-13(9-15)19(23)24)10-17(26)20(27)25-14-7-5-12(6-8-14)18(21)22;20-17(21)11-4-6-13(7-5-11)25-19(26)16-9-15(10-24-16)27-14-3-1-2-12(8-14)18(22)23/h2-14,23-24H,15-17H2,1H3,(H3,27,28)(H,29,31);3-9,11,18-19H,2,10,12-13H2,1H3,(H3,23,24)(H3,25,26)(H,27,29);2-9,16-17H,10-11H2,1H3,(H3,21,22)(H3,23,24)(H,25,27);1-8,15-16,24H,9-10H2,(H3,20,21)(H3,22,23)(H,25,26)/t23-,24+;18-,19+;16-,17+;15-,16+/m1111/s1. The van der Waals surface area contributed by atoms with Crippen LogP contribution in [0.2, 0.25) is 0 Å². The molecule has 4 aliphatic heterocycles. The van der Waals surface area contributed by atoms with Crippen molar-refractivity contribution in [3.63, 3.8) is 0 Å². The van der Waals surface area contributed by atoms with E-state index in [1.54, 1.807) is 153 Å². The molecule has 4 heterocycles. The van der Waals surface area contributed by atoms with Crippen molar-refractivity contribution in [2.75, 3.05) is 68.1 Å². The third-order valence-electron chi connectivity index (χ3n) is 19.8. The zero-order valence-corrected chi connectivity index (χ0v) is 65.8.